The molecule has 1 aromatic rings. The Bertz CT molecular complexity index is 454. The number of benzene rings is 1. The fraction of sp³-hybridized carbons (Fsp3) is 0.647. The van der Waals surface area contributed by atoms with Crippen LogP contribution in [0.5, 0.6) is 0 Å². The van der Waals surface area contributed by atoms with Gasteiger partial charge in [-0.3, -0.25) is 0 Å². The van der Waals surface area contributed by atoms with Gasteiger partial charge in [0, 0.05) is 6.42 Å². The number of halogens is 1. The van der Waals surface area contributed by atoms with E-state index in [0.717, 1.165) is 18.3 Å². The van der Waals surface area contributed by atoms with E-state index in [1.165, 1.54) is 31.7 Å². The lowest BCUT2D eigenvalue weighted by molar-refractivity contribution is 0.0239. The molecule has 4 unspecified atom stereocenters. The summed E-state index contributed by atoms with van der Waals surface area (Å²) in [6.07, 6.45) is 6.61. The maximum absolute atomic E-state index is 13.7. The Morgan fingerprint density at radius 2 is 2.05 bits per heavy atom. The van der Waals surface area contributed by atoms with Crippen molar-refractivity contribution in [2.24, 2.45) is 17.8 Å². The van der Waals surface area contributed by atoms with Gasteiger partial charge in [-0.1, -0.05) is 24.6 Å². The maximum atomic E-state index is 13.7. The molecule has 2 saturated carbocycles. The third-order valence-corrected chi connectivity index (χ3v) is 5.12. The molecular weight excluding hydrogens is 239 g/mol. The van der Waals surface area contributed by atoms with Gasteiger partial charge in [0.05, 0.1) is 5.60 Å². The van der Waals surface area contributed by atoms with Crippen molar-refractivity contribution in [3.8, 4) is 0 Å². The van der Waals surface area contributed by atoms with Gasteiger partial charge in [-0.2, -0.15) is 0 Å². The molecule has 2 heteroatoms. The molecule has 0 saturated heterocycles. The first-order valence-electron chi connectivity index (χ1n) is 7.49. The van der Waals surface area contributed by atoms with Gasteiger partial charge in [0.15, 0.2) is 0 Å². The first-order chi connectivity index (χ1) is 9.03. The van der Waals surface area contributed by atoms with Crippen LogP contribution in [0.4, 0.5) is 4.39 Å². The van der Waals surface area contributed by atoms with Gasteiger partial charge in [0.2, 0.25) is 0 Å². The second-order valence-corrected chi connectivity index (χ2v) is 6.90. The zero-order valence-corrected chi connectivity index (χ0v) is 11.6. The lowest BCUT2D eigenvalue weighted by Gasteiger charge is -2.31. The Morgan fingerprint density at radius 3 is 2.68 bits per heavy atom. The first-order valence-corrected chi connectivity index (χ1v) is 7.49. The van der Waals surface area contributed by atoms with Gasteiger partial charge >= 0.3 is 0 Å². The Labute approximate surface area is 114 Å². The summed E-state index contributed by atoms with van der Waals surface area (Å²) in [5.41, 5.74) is -0.146. The number of fused-ring (bicyclic) bond motifs is 2. The van der Waals surface area contributed by atoms with Gasteiger partial charge in [0.1, 0.15) is 5.82 Å². The summed E-state index contributed by atoms with van der Waals surface area (Å²) in [6, 6.07) is 6.79. The van der Waals surface area contributed by atoms with Gasteiger partial charge in [-0.25, -0.2) is 4.39 Å². The summed E-state index contributed by atoms with van der Waals surface area (Å²) in [6.45, 7) is 1.87. The normalized spacial score (nSPS) is 32.5. The van der Waals surface area contributed by atoms with Crippen LogP contribution < -0.4 is 0 Å². The molecule has 2 fully saturated rings. The second kappa shape index (κ2) is 4.90. The fourth-order valence-electron chi connectivity index (χ4n) is 4.32. The molecule has 1 aromatic carbocycles. The lowest BCUT2D eigenvalue weighted by atomic mass is 9.79. The van der Waals surface area contributed by atoms with E-state index in [-0.39, 0.29) is 5.82 Å². The van der Waals surface area contributed by atoms with E-state index in [1.807, 2.05) is 13.0 Å². The average molecular weight is 262 g/mol. The van der Waals surface area contributed by atoms with Crippen molar-refractivity contribution in [1.29, 1.82) is 0 Å². The number of aliphatic hydroxyl groups is 1. The number of hydrogen-bond donors (Lipinski definition) is 1. The monoisotopic (exact) mass is 262 g/mol. The molecule has 1 N–H and O–H groups in total. The SMILES string of the molecule is CC(O)(Cc1ccccc1F)CC1CC2CCC1C2. The quantitative estimate of drug-likeness (QED) is 0.871. The molecule has 0 heterocycles. The van der Waals surface area contributed by atoms with Gasteiger partial charge in [-0.05, 0) is 62.0 Å². The topological polar surface area (TPSA) is 20.2 Å². The van der Waals surface area contributed by atoms with E-state index >= 15 is 0 Å². The highest BCUT2D eigenvalue weighted by molar-refractivity contribution is 5.19. The first kappa shape index (κ1) is 13.1. The van der Waals surface area contributed by atoms with Crippen molar-refractivity contribution in [2.75, 3.05) is 0 Å². The van der Waals surface area contributed by atoms with E-state index in [9.17, 15) is 9.50 Å². The standard InChI is InChI=1S/C17H23FO/c1-17(19,10-14-4-2-3-5-16(14)18)11-15-9-12-6-7-13(15)8-12/h2-5,12-13,15,19H,6-11H2,1H3. The molecule has 4 atom stereocenters. The average Bonchev–Trinajstić information content (AvgIpc) is 2.93. The smallest absolute Gasteiger partial charge is 0.126 e. The van der Waals surface area contributed by atoms with Crippen LogP contribution in [0.25, 0.3) is 0 Å². The summed E-state index contributed by atoms with van der Waals surface area (Å²) < 4.78 is 13.7. The molecule has 0 radical (unpaired) electrons. The predicted molar refractivity (Wildman–Crippen MR) is 74.3 cm³/mol. The van der Waals surface area contributed by atoms with Crippen LogP contribution >= 0.6 is 0 Å². The highest BCUT2D eigenvalue weighted by atomic mass is 19.1. The molecule has 0 aromatic heterocycles. The Kier molecular flexibility index (Phi) is 3.38. The molecule has 3 rings (SSSR count). The highest BCUT2D eigenvalue weighted by Gasteiger charge is 2.42. The molecule has 2 bridgehead atoms. The van der Waals surface area contributed by atoms with Crippen LogP contribution in [0.2, 0.25) is 0 Å². The summed E-state index contributed by atoms with van der Waals surface area (Å²) in [7, 11) is 0. The van der Waals surface area contributed by atoms with Crippen LogP contribution in [0.15, 0.2) is 24.3 Å². The van der Waals surface area contributed by atoms with Crippen LogP contribution in [-0.4, -0.2) is 10.7 Å². The lowest BCUT2D eigenvalue weighted by Crippen LogP contribution is -2.32. The van der Waals surface area contributed by atoms with Crippen molar-refractivity contribution >= 4 is 0 Å². The van der Waals surface area contributed by atoms with E-state index in [4.69, 9.17) is 0 Å². The van der Waals surface area contributed by atoms with Crippen molar-refractivity contribution < 1.29 is 9.50 Å². The molecule has 0 amide bonds. The Balaban J connectivity index is 1.65. The number of hydrogen-bond acceptors (Lipinski definition) is 1. The van der Waals surface area contributed by atoms with Crippen LogP contribution in [0, 0.1) is 23.6 Å². The Hall–Kier alpha value is -0.890. The summed E-state index contributed by atoms with van der Waals surface area (Å²) in [4.78, 5) is 0. The summed E-state index contributed by atoms with van der Waals surface area (Å²) >= 11 is 0. The molecule has 0 aliphatic heterocycles. The van der Waals surface area contributed by atoms with E-state index in [0.29, 0.717) is 17.9 Å². The van der Waals surface area contributed by atoms with Crippen molar-refractivity contribution in [1.82, 2.24) is 0 Å². The predicted octanol–water partition coefficient (Wildman–Crippen LogP) is 3.95. The van der Waals surface area contributed by atoms with E-state index < -0.39 is 5.60 Å². The number of rotatable bonds is 4. The summed E-state index contributed by atoms with van der Waals surface area (Å²) in [5, 5.41) is 10.6. The molecule has 2 aliphatic rings. The van der Waals surface area contributed by atoms with Gasteiger partial charge in [-0.15, -0.1) is 0 Å². The zero-order chi connectivity index (χ0) is 13.5. The van der Waals surface area contributed by atoms with E-state index in [1.54, 1.807) is 12.1 Å². The van der Waals surface area contributed by atoms with Crippen molar-refractivity contribution in [2.45, 2.75) is 51.0 Å². The third-order valence-electron chi connectivity index (χ3n) is 5.12. The second-order valence-electron chi connectivity index (χ2n) is 6.90. The van der Waals surface area contributed by atoms with Crippen LogP contribution in [0.1, 0.15) is 44.6 Å². The molecule has 104 valence electrons. The molecule has 0 spiro atoms. The van der Waals surface area contributed by atoms with Crippen molar-refractivity contribution in [3.63, 3.8) is 0 Å². The highest BCUT2D eigenvalue weighted by Crippen LogP contribution is 2.50. The fourth-order valence-corrected chi connectivity index (χ4v) is 4.32. The zero-order valence-electron chi connectivity index (χ0n) is 11.6. The van der Waals surface area contributed by atoms with Gasteiger partial charge in [0.25, 0.3) is 0 Å². The molecule has 19 heavy (non-hydrogen) atoms. The molecular formula is C17H23FO. The minimum atomic E-state index is -0.780. The summed E-state index contributed by atoms with van der Waals surface area (Å²) in [5.74, 6) is 2.17. The minimum Gasteiger partial charge on any atom is -0.390 e. The van der Waals surface area contributed by atoms with Crippen molar-refractivity contribution in [3.05, 3.63) is 35.6 Å². The molecule has 1 nitrogen and oxygen atoms in total. The van der Waals surface area contributed by atoms with Crippen LogP contribution in [-0.2, 0) is 6.42 Å². The van der Waals surface area contributed by atoms with Gasteiger partial charge < -0.3 is 5.11 Å². The molecule has 2 aliphatic carbocycles. The maximum Gasteiger partial charge on any atom is 0.126 e. The third kappa shape index (κ3) is 2.84. The van der Waals surface area contributed by atoms with Crippen LogP contribution in [0.3, 0.4) is 0 Å². The largest absolute Gasteiger partial charge is 0.390 e. The minimum absolute atomic E-state index is 0.198. The van der Waals surface area contributed by atoms with E-state index in [2.05, 4.69) is 0 Å². The Morgan fingerprint density at radius 1 is 1.26 bits per heavy atom.